The van der Waals surface area contributed by atoms with E-state index >= 15 is 0 Å². The highest BCUT2D eigenvalue weighted by molar-refractivity contribution is 8.93. The maximum absolute atomic E-state index is 12.2. The van der Waals surface area contributed by atoms with Crippen LogP contribution in [-0.2, 0) is 13.0 Å². The zero-order valence-corrected chi connectivity index (χ0v) is 14.5. The Morgan fingerprint density at radius 1 is 0.739 bits per heavy atom. The molecule has 1 aromatic heterocycles. The Kier molecular flexibility index (Phi) is 6.24. The molecule has 0 atom stereocenters. The van der Waals surface area contributed by atoms with Crippen LogP contribution in [0, 0.1) is 0 Å². The fourth-order valence-electron chi connectivity index (χ4n) is 2.42. The Morgan fingerprint density at radius 2 is 1.26 bits per heavy atom. The molecule has 3 aromatic rings. The van der Waals surface area contributed by atoms with Gasteiger partial charge in [0.05, 0.1) is 0 Å². The second-order valence-corrected chi connectivity index (χ2v) is 5.33. The first-order valence-corrected chi connectivity index (χ1v) is 7.41. The number of pyridine rings is 1. The summed E-state index contributed by atoms with van der Waals surface area (Å²) in [5.74, 6) is 0.126. The highest BCUT2D eigenvalue weighted by atomic mass is 79.9. The zero-order chi connectivity index (χ0) is 15.2. The monoisotopic (exact) mass is 368 g/mol. The summed E-state index contributed by atoms with van der Waals surface area (Å²) in [6.07, 6.45) is 4.85. The number of hydrogen-bond donors (Lipinski definition) is 0. The van der Waals surface area contributed by atoms with Gasteiger partial charge in [-0.3, -0.25) is 4.79 Å². The van der Waals surface area contributed by atoms with Crippen molar-refractivity contribution in [3.05, 3.63) is 102 Å². The molecule has 0 aliphatic heterocycles. The number of Topliss-reactive ketones (excluding diaryl/α,β-unsaturated/α-hetero) is 1. The van der Waals surface area contributed by atoms with E-state index < -0.39 is 0 Å². The fraction of sp³-hybridized carbons (Fsp3) is 0.100. The summed E-state index contributed by atoms with van der Waals surface area (Å²) in [5, 5.41) is 0. The van der Waals surface area contributed by atoms with Crippen LogP contribution in [0.25, 0.3) is 0 Å². The molecule has 0 bridgehead atoms. The normalized spacial score (nSPS) is 9.91. The largest absolute Gasteiger partial charge is 0.287 e. The van der Waals surface area contributed by atoms with Gasteiger partial charge in [-0.25, -0.2) is 0 Å². The fourth-order valence-corrected chi connectivity index (χ4v) is 2.42. The predicted molar refractivity (Wildman–Crippen MR) is 97.0 cm³/mol. The first kappa shape index (κ1) is 17.1. The van der Waals surface area contributed by atoms with Gasteiger partial charge in [0.25, 0.3) is 0 Å². The van der Waals surface area contributed by atoms with Gasteiger partial charge in [-0.1, -0.05) is 60.7 Å². The number of benzene rings is 2. The molecule has 0 unspecified atom stereocenters. The standard InChI is InChI=1S/C20H18NO.BrH/c22-20(19-9-5-2-6-10-19)16-21-13-11-18(12-14-21)15-17-7-3-1-4-8-17;/h1-14H,15-16H2;1H/q+1;. The molecule has 1 heterocycles. The third-order valence-electron chi connectivity index (χ3n) is 3.63. The van der Waals surface area contributed by atoms with Gasteiger partial charge in [0.15, 0.2) is 12.4 Å². The Labute approximate surface area is 147 Å². The number of rotatable bonds is 5. The van der Waals surface area contributed by atoms with E-state index in [4.69, 9.17) is 0 Å². The van der Waals surface area contributed by atoms with Gasteiger partial charge >= 0.3 is 0 Å². The van der Waals surface area contributed by atoms with Crippen molar-refractivity contribution in [1.82, 2.24) is 0 Å². The van der Waals surface area contributed by atoms with Crippen molar-refractivity contribution in [2.45, 2.75) is 13.0 Å². The maximum atomic E-state index is 12.2. The second kappa shape index (κ2) is 8.39. The first-order chi connectivity index (χ1) is 10.8. The molecule has 3 heteroatoms. The molecule has 23 heavy (non-hydrogen) atoms. The number of carbonyl (C=O) groups excluding carboxylic acids is 1. The smallest absolute Gasteiger partial charge is 0.227 e. The topological polar surface area (TPSA) is 20.9 Å². The van der Waals surface area contributed by atoms with Gasteiger partial charge in [-0.05, 0) is 17.5 Å². The average Bonchev–Trinajstić information content (AvgIpc) is 2.58. The number of nitrogens with zero attached hydrogens (tertiary/aromatic N) is 1. The van der Waals surface area contributed by atoms with Gasteiger partial charge < -0.3 is 0 Å². The molecule has 0 saturated heterocycles. The molecule has 0 amide bonds. The van der Waals surface area contributed by atoms with E-state index in [1.54, 1.807) is 0 Å². The van der Waals surface area contributed by atoms with Crippen LogP contribution < -0.4 is 4.57 Å². The molecule has 0 aliphatic carbocycles. The molecule has 0 saturated carbocycles. The summed E-state index contributed by atoms with van der Waals surface area (Å²) < 4.78 is 1.92. The number of carbonyl (C=O) groups is 1. The Morgan fingerprint density at radius 3 is 1.87 bits per heavy atom. The van der Waals surface area contributed by atoms with E-state index in [9.17, 15) is 4.79 Å². The van der Waals surface area contributed by atoms with E-state index in [0.29, 0.717) is 6.54 Å². The van der Waals surface area contributed by atoms with Crippen LogP contribution in [-0.4, -0.2) is 5.78 Å². The van der Waals surface area contributed by atoms with E-state index in [1.807, 2.05) is 53.4 Å². The molecule has 0 aliphatic rings. The van der Waals surface area contributed by atoms with Gasteiger partial charge in [-0.2, -0.15) is 4.57 Å². The van der Waals surface area contributed by atoms with Crippen molar-refractivity contribution < 1.29 is 9.36 Å². The third-order valence-corrected chi connectivity index (χ3v) is 3.63. The highest BCUT2D eigenvalue weighted by Crippen LogP contribution is 2.07. The summed E-state index contributed by atoms with van der Waals surface area (Å²) in [4.78, 5) is 12.2. The molecular weight excluding hydrogens is 350 g/mol. The van der Waals surface area contributed by atoms with Crippen LogP contribution in [0.4, 0.5) is 0 Å². The molecule has 2 aromatic carbocycles. The van der Waals surface area contributed by atoms with Gasteiger partial charge in [0.2, 0.25) is 12.3 Å². The minimum Gasteiger partial charge on any atom is -0.287 e. The number of halogens is 1. The maximum Gasteiger partial charge on any atom is 0.227 e. The number of hydrogen-bond acceptors (Lipinski definition) is 1. The quantitative estimate of drug-likeness (QED) is 0.492. The van der Waals surface area contributed by atoms with E-state index in [1.165, 1.54) is 11.1 Å². The van der Waals surface area contributed by atoms with Crippen LogP contribution in [0.2, 0.25) is 0 Å². The van der Waals surface area contributed by atoms with Gasteiger partial charge in [0, 0.05) is 17.7 Å². The molecule has 2 nitrogen and oxygen atoms in total. The molecule has 0 radical (unpaired) electrons. The van der Waals surface area contributed by atoms with E-state index in [2.05, 4.69) is 36.4 Å². The third kappa shape index (κ3) is 4.86. The van der Waals surface area contributed by atoms with Crippen molar-refractivity contribution in [1.29, 1.82) is 0 Å². The molecule has 0 fully saturated rings. The molecule has 0 spiro atoms. The lowest BCUT2D eigenvalue weighted by atomic mass is 10.1. The number of ketones is 1. The summed E-state index contributed by atoms with van der Waals surface area (Å²) in [6.45, 7) is 0.371. The second-order valence-electron chi connectivity index (χ2n) is 5.33. The Hall–Kier alpha value is -2.26. The van der Waals surface area contributed by atoms with Crippen LogP contribution >= 0.6 is 17.0 Å². The zero-order valence-electron chi connectivity index (χ0n) is 12.8. The summed E-state index contributed by atoms with van der Waals surface area (Å²) in [7, 11) is 0. The molecule has 3 rings (SSSR count). The lowest BCUT2D eigenvalue weighted by Crippen LogP contribution is -2.37. The predicted octanol–water partition coefficient (Wildman–Crippen LogP) is 4.03. The average molecular weight is 369 g/mol. The minimum absolute atomic E-state index is 0. The Balaban J connectivity index is 0.00000192. The molecular formula is C20H19BrNO+. The van der Waals surface area contributed by atoms with Crippen molar-refractivity contribution in [3.63, 3.8) is 0 Å². The van der Waals surface area contributed by atoms with Gasteiger partial charge in [0.1, 0.15) is 0 Å². The van der Waals surface area contributed by atoms with Crippen molar-refractivity contribution in [2.24, 2.45) is 0 Å². The molecule has 0 N–H and O–H groups in total. The lowest BCUT2D eigenvalue weighted by Gasteiger charge is -2.02. The van der Waals surface area contributed by atoms with Crippen LogP contribution in [0.3, 0.4) is 0 Å². The highest BCUT2D eigenvalue weighted by Gasteiger charge is 2.11. The SMILES string of the molecule is Br.O=C(C[n+]1ccc(Cc2ccccc2)cc1)c1ccccc1. The van der Waals surface area contributed by atoms with Crippen molar-refractivity contribution >= 4 is 22.8 Å². The summed E-state index contributed by atoms with van der Waals surface area (Å²) in [6, 6.07) is 23.9. The van der Waals surface area contributed by atoms with Crippen molar-refractivity contribution in [2.75, 3.05) is 0 Å². The minimum atomic E-state index is 0. The van der Waals surface area contributed by atoms with E-state index in [0.717, 1.165) is 12.0 Å². The van der Waals surface area contributed by atoms with E-state index in [-0.39, 0.29) is 22.8 Å². The van der Waals surface area contributed by atoms with Crippen LogP contribution in [0.5, 0.6) is 0 Å². The van der Waals surface area contributed by atoms with Crippen LogP contribution in [0.15, 0.2) is 85.2 Å². The molecule has 116 valence electrons. The van der Waals surface area contributed by atoms with Crippen molar-refractivity contribution in [3.8, 4) is 0 Å². The summed E-state index contributed by atoms with van der Waals surface area (Å²) in [5.41, 5.74) is 3.29. The number of aromatic nitrogens is 1. The first-order valence-electron chi connectivity index (χ1n) is 7.41. The summed E-state index contributed by atoms with van der Waals surface area (Å²) >= 11 is 0. The van der Waals surface area contributed by atoms with Gasteiger partial charge in [-0.15, -0.1) is 17.0 Å². The van der Waals surface area contributed by atoms with Crippen LogP contribution in [0.1, 0.15) is 21.5 Å². The lowest BCUT2D eigenvalue weighted by molar-refractivity contribution is -0.683. The Bertz CT molecular complexity index is 740.